The second-order valence-electron chi connectivity index (χ2n) is 9.67. The molecule has 3 aromatic carbocycles. The average Bonchev–Trinajstić information content (AvgIpc) is 2.90. The number of esters is 1. The summed E-state index contributed by atoms with van der Waals surface area (Å²) in [6.07, 6.45) is 0. The lowest BCUT2D eigenvalue weighted by molar-refractivity contribution is -0.917. The van der Waals surface area contributed by atoms with Crippen LogP contribution in [0.4, 0.5) is 10.1 Å². The third-order valence-electron chi connectivity index (χ3n) is 7.31. The zero-order valence-electron chi connectivity index (χ0n) is 22.5. The molecule has 0 fully saturated rings. The van der Waals surface area contributed by atoms with Gasteiger partial charge in [-0.3, -0.25) is 9.59 Å². The van der Waals surface area contributed by atoms with Gasteiger partial charge in [0.25, 0.3) is 5.91 Å². The van der Waals surface area contributed by atoms with Crippen LogP contribution >= 0.6 is 0 Å². The topological polar surface area (TPSA) is 55.4 Å². The molecule has 0 radical (unpaired) electrons. The van der Waals surface area contributed by atoms with Gasteiger partial charge >= 0.3 is 5.97 Å². The highest BCUT2D eigenvalue weighted by atomic mass is 19.1. The largest absolute Gasteiger partial charge is 0.459 e. The smallest absolute Gasteiger partial charge is 0.313 e. The first-order valence-electron chi connectivity index (χ1n) is 12.9. The Balaban J connectivity index is 1.59. The molecular formula is C31H38FN2O3+. The summed E-state index contributed by atoms with van der Waals surface area (Å²) >= 11 is 0. The molecule has 0 saturated carbocycles. The predicted octanol–water partition coefficient (Wildman–Crippen LogP) is 6.25. The maximum absolute atomic E-state index is 14.8. The van der Waals surface area contributed by atoms with Crippen molar-refractivity contribution in [3.63, 3.8) is 0 Å². The van der Waals surface area contributed by atoms with Gasteiger partial charge in [-0.15, -0.1) is 0 Å². The van der Waals surface area contributed by atoms with E-state index < -0.39 is 11.9 Å². The molecule has 6 heteroatoms. The first-order valence-corrected chi connectivity index (χ1v) is 12.9. The molecule has 3 aromatic rings. The van der Waals surface area contributed by atoms with Gasteiger partial charge in [0.15, 0.2) is 6.54 Å². The number of hydrogen-bond acceptors (Lipinski definition) is 3. The fraction of sp³-hybridized carbons (Fsp3) is 0.355. The van der Waals surface area contributed by atoms with Crippen LogP contribution in [-0.4, -0.2) is 49.1 Å². The molecule has 1 amide bonds. The number of nitrogens with zero attached hydrogens (tertiary/aromatic N) is 1. The van der Waals surface area contributed by atoms with E-state index in [1.165, 1.54) is 6.07 Å². The lowest BCUT2D eigenvalue weighted by Gasteiger charge is -2.36. The van der Waals surface area contributed by atoms with Crippen molar-refractivity contribution in [3.05, 3.63) is 89.2 Å². The lowest BCUT2D eigenvalue weighted by atomic mass is 9.97. The molecule has 0 saturated heterocycles. The van der Waals surface area contributed by atoms with Crippen molar-refractivity contribution in [2.45, 2.75) is 40.5 Å². The molecule has 3 rings (SSSR count). The minimum atomic E-state index is -0.600. The van der Waals surface area contributed by atoms with Crippen LogP contribution in [0.1, 0.15) is 43.4 Å². The second-order valence-corrected chi connectivity index (χ2v) is 9.67. The number of hydrogen-bond donors (Lipinski definition) is 1. The molecule has 0 aliphatic heterocycles. The van der Waals surface area contributed by atoms with Crippen LogP contribution in [-0.2, 0) is 14.3 Å². The Morgan fingerprint density at radius 2 is 1.59 bits per heavy atom. The lowest BCUT2D eigenvalue weighted by Crippen LogP contribution is -2.54. The molecule has 1 atom stereocenters. The molecule has 0 spiro atoms. The molecule has 1 unspecified atom stereocenters. The summed E-state index contributed by atoms with van der Waals surface area (Å²) in [5, 5.41) is 3.07. The summed E-state index contributed by atoms with van der Waals surface area (Å²) in [7, 11) is 0. The van der Waals surface area contributed by atoms with Crippen molar-refractivity contribution >= 4 is 17.6 Å². The second kappa shape index (κ2) is 12.6. The Hall–Kier alpha value is -3.51. The van der Waals surface area contributed by atoms with E-state index in [9.17, 15) is 14.0 Å². The van der Waals surface area contributed by atoms with Crippen molar-refractivity contribution in [2.24, 2.45) is 0 Å². The summed E-state index contributed by atoms with van der Waals surface area (Å²) in [6, 6.07) is 20.1. The Labute approximate surface area is 219 Å². The molecule has 0 aliphatic carbocycles. The van der Waals surface area contributed by atoms with Crippen LogP contribution < -0.4 is 5.32 Å². The van der Waals surface area contributed by atoms with Gasteiger partial charge in [-0.2, -0.15) is 0 Å². The number of rotatable bonds is 11. The van der Waals surface area contributed by atoms with Crippen LogP contribution in [0, 0.1) is 19.7 Å². The van der Waals surface area contributed by atoms with Crippen molar-refractivity contribution in [3.8, 4) is 11.1 Å². The van der Waals surface area contributed by atoms with Gasteiger partial charge in [0, 0.05) is 11.3 Å². The quantitative estimate of drug-likeness (QED) is 0.248. The monoisotopic (exact) mass is 505 g/mol. The van der Waals surface area contributed by atoms with Crippen LogP contribution in [0.3, 0.4) is 0 Å². The maximum atomic E-state index is 14.8. The minimum Gasteiger partial charge on any atom is -0.459 e. The van der Waals surface area contributed by atoms with Gasteiger partial charge in [-0.1, -0.05) is 60.7 Å². The van der Waals surface area contributed by atoms with Gasteiger partial charge in [-0.25, -0.2) is 4.39 Å². The van der Waals surface area contributed by atoms with Crippen LogP contribution in [0.2, 0.25) is 0 Å². The molecule has 0 aromatic heterocycles. The van der Waals surface area contributed by atoms with Crippen LogP contribution in [0.5, 0.6) is 0 Å². The molecule has 5 nitrogen and oxygen atoms in total. The van der Waals surface area contributed by atoms with Gasteiger partial charge in [0.1, 0.15) is 19.0 Å². The summed E-state index contributed by atoms with van der Waals surface area (Å²) < 4.78 is 20.9. The number of ether oxygens (including phenoxy) is 1. The fourth-order valence-electron chi connectivity index (χ4n) is 4.59. The molecule has 0 heterocycles. The van der Waals surface area contributed by atoms with E-state index in [4.69, 9.17) is 4.74 Å². The Bertz CT molecular complexity index is 1200. The van der Waals surface area contributed by atoms with E-state index in [1.807, 2.05) is 76.2 Å². The first kappa shape index (κ1) is 28.1. The van der Waals surface area contributed by atoms with E-state index >= 15 is 0 Å². The maximum Gasteiger partial charge on any atom is 0.313 e. The number of amides is 1. The van der Waals surface area contributed by atoms with Gasteiger partial charge < -0.3 is 14.5 Å². The normalized spacial score (nSPS) is 12.2. The van der Waals surface area contributed by atoms with E-state index in [2.05, 4.69) is 5.32 Å². The number of aryl methyl sites for hydroxylation is 2. The number of anilines is 1. The highest BCUT2D eigenvalue weighted by Crippen LogP contribution is 2.27. The summed E-state index contributed by atoms with van der Waals surface area (Å²) in [6.45, 7) is 12.2. The molecule has 0 aliphatic rings. The fourth-order valence-corrected chi connectivity index (χ4v) is 4.59. The number of halogens is 1. The number of carbonyl (C=O) groups excluding carboxylic acids is 2. The number of carbonyl (C=O) groups is 2. The number of benzene rings is 3. The summed E-state index contributed by atoms with van der Waals surface area (Å²) in [5.41, 5.74) is 4.75. The highest BCUT2D eigenvalue weighted by Gasteiger charge is 2.28. The van der Waals surface area contributed by atoms with Crippen molar-refractivity contribution in [1.82, 2.24) is 0 Å². The summed E-state index contributed by atoms with van der Waals surface area (Å²) in [5.74, 6) is -1.44. The van der Waals surface area contributed by atoms with E-state index in [0.717, 1.165) is 35.5 Å². The van der Waals surface area contributed by atoms with Crippen molar-refractivity contribution in [2.75, 3.05) is 38.1 Å². The third-order valence-corrected chi connectivity index (χ3v) is 7.31. The van der Waals surface area contributed by atoms with Crippen LogP contribution in [0.15, 0.2) is 66.7 Å². The third kappa shape index (κ3) is 7.04. The number of para-hydroxylation sites is 1. The van der Waals surface area contributed by atoms with Crippen LogP contribution in [0.25, 0.3) is 11.1 Å². The molecule has 1 N–H and O–H groups in total. The Kier molecular flexibility index (Phi) is 9.59. The Morgan fingerprint density at radius 3 is 2.19 bits per heavy atom. The molecule has 37 heavy (non-hydrogen) atoms. The molecular weight excluding hydrogens is 467 g/mol. The SMILES string of the molecule is CC[N+](CC)(CCOC(=O)C(C)c1ccc(-c2ccccc2)c(F)c1)CC(=O)Nc1c(C)cccc1C. The average molecular weight is 506 g/mol. The van der Waals surface area contributed by atoms with Crippen molar-refractivity contribution < 1.29 is 23.2 Å². The first-order chi connectivity index (χ1) is 17.7. The predicted molar refractivity (Wildman–Crippen MR) is 147 cm³/mol. The van der Waals surface area contributed by atoms with Gasteiger partial charge in [0.05, 0.1) is 19.0 Å². The molecule has 0 bridgehead atoms. The standard InChI is InChI=1S/C31H37FN2O3/c1-6-34(7-2,21-29(35)33-30-22(3)12-11-13-23(30)4)18-19-37-31(36)24(5)26-16-17-27(28(32)20-26)25-14-9-8-10-15-25/h8-17,20,24H,6-7,18-19,21H2,1-5H3/p+1. The van der Waals surface area contributed by atoms with E-state index in [1.54, 1.807) is 19.1 Å². The van der Waals surface area contributed by atoms with E-state index in [0.29, 0.717) is 28.7 Å². The molecule has 196 valence electrons. The van der Waals surface area contributed by atoms with Crippen molar-refractivity contribution in [1.29, 1.82) is 0 Å². The summed E-state index contributed by atoms with van der Waals surface area (Å²) in [4.78, 5) is 25.7. The van der Waals surface area contributed by atoms with Gasteiger partial charge in [-0.05, 0) is 62.9 Å². The number of likely N-dealkylation sites (N-methyl/N-ethyl adjacent to an activating group) is 1. The highest BCUT2D eigenvalue weighted by molar-refractivity contribution is 5.93. The Morgan fingerprint density at radius 1 is 0.946 bits per heavy atom. The zero-order valence-corrected chi connectivity index (χ0v) is 22.5. The zero-order chi connectivity index (χ0) is 27.0. The minimum absolute atomic E-state index is 0.0604. The van der Waals surface area contributed by atoms with Gasteiger partial charge in [0.2, 0.25) is 0 Å². The van der Waals surface area contributed by atoms with E-state index in [-0.39, 0.29) is 18.3 Å². The number of quaternary nitrogens is 1. The number of nitrogens with one attached hydrogen (secondary N) is 1.